The Bertz CT molecular complexity index is 814. The highest BCUT2D eigenvalue weighted by Crippen LogP contribution is 2.25. The van der Waals surface area contributed by atoms with Crippen molar-refractivity contribution in [2.24, 2.45) is 5.10 Å². The van der Waals surface area contributed by atoms with Crippen molar-refractivity contribution >= 4 is 11.6 Å². The third-order valence-electron chi connectivity index (χ3n) is 4.77. The van der Waals surface area contributed by atoms with Crippen molar-refractivity contribution in [3.05, 3.63) is 59.4 Å². The molecule has 0 unspecified atom stereocenters. The first-order valence-electron chi connectivity index (χ1n) is 9.01. The lowest BCUT2D eigenvalue weighted by Gasteiger charge is -2.32. The Labute approximate surface area is 159 Å². The molecule has 1 fully saturated rings. The van der Waals surface area contributed by atoms with Gasteiger partial charge in [0.1, 0.15) is 5.75 Å². The largest absolute Gasteiger partial charge is 0.507 e. The number of carbonyl (C=O) groups is 1. The topological polar surface area (TPSA) is 81.1 Å². The number of amides is 1. The minimum Gasteiger partial charge on any atom is -0.507 e. The van der Waals surface area contributed by atoms with E-state index >= 15 is 0 Å². The molecule has 1 aliphatic rings. The smallest absolute Gasteiger partial charge is 0.271 e. The maximum Gasteiger partial charge on any atom is 0.271 e. The van der Waals surface area contributed by atoms with Crippen LogP contribution < -0.4 is 5.43 Å². The fourth-order valence-corrected chi connectivity index (χ4v) is 3.02. The lowest BCUT2D eigenvalue weighted by Crippen LogP contribution is -2.43. The molecule has 0 radical (unpaired) electrons. The third kappa shape index (κ3) is 4.90. The molecule has 7 heteroatoms. The molecule has 0 spiro atoms. The predicted octanol–water partition coefficient (Wildman–Crippen LogP) is 1.69. The van der Waals surface area contributed by atoms with Gasteiger partial charge in [0, 0.05) is 61.8 Å². The summed E-state index contributed by atoms with van der Waals surface area (Å²) < 4.78 is 0. The molecule has 1 aromatic heterocycles. The number of hydrogen-bond donors (Lipinski definition) is 2. The quantitative estimate of drug-likeness (QED) is 0.621. The average Bonchev–Trinajstić information content (AvgIpc) is 2.70. The van der Waals surface area contributed by atoms with Crippen LogP contribution in [0.15, 0.2) is 47.8 Å². The van der Waals surface area contributed by atoms with Gasteiger partial charge in [-0.05, 0) is 32.2 Å². The number of hydrazone groups is 1. The summed E-state index contributed by atoms with van der Waals surface area (Å²) in [5.74, 6) is -0.0966. The van der Waals surface area contributed by atoms with Gasteiger partial charge in [-0.25, -0.2) is 5.43 Å². The predicted molar refractivity (Wildman–Crippen MR) is 105 cm³/mol. The molecule has 142 valence electrons. The van der Waals surface area contributed by atoms with Crippen molar-refractivity contribution in [2.45, 2.75) is 13.5 Å². The molecular weight excluding hydrogens is 342 g/mol. The lowest BCUT2D eigenvalue weighted by molar-refractivity contribution is 0.0954. The molecule has 0 atom stereocenters. The monoisotopic (exact) mass is 367 g/mol. The van der Waals surface area contributed by atoms with E-state index in [0.717, 1.165) is 31.7 Å². The summed E-state index contributed by atoms with van der Waals surface area (Å²) in [6, 6.07) is 8.88. The Morgan fingerprint density at radius 2 is 1.89 bits per heavy atom. The first-order valence-corrected chi connectivity index (χ1v) is 9.01. The van der Waals surface area contributed by atoms with Crippen molar-refractivity contribution in [1.29, 1.82) is 0 Å². The van der Waals surface area contributed by atoms with Crippen molar-refractivity contribution in [3.8, 4) is 5.75 Å². The lowest BCUT2D eigenvalue weighted by atomic mass is 10.0. The van der Waals surface area contributed by atoms with Crippen molar-refractivity contribution in [2.75, 3.05) is 33.2 Å². The second kappa shape index (κ2) is 8.75. The van der Waals surface area contributed by atoms with E-state index in [1.807, 2.05) is 12.1 Å². The summed E-state index contributed by atoms with van der Waals surface area (Å²) in [6.07, 6.45) is 3.11. The highest BCUT2D eigenvalue weighted by Gasteiger charge is 2.17. The van der Waals surface area contributed by atoms with E-state index in [1.165, 1.54) is 0 Å². The van der Waals surface area contributed by atoms with Crippen LogP contribution in [0.2, 0.25) is 0 Å². The third-order valence-corrected chi connectivity index (χ3v) is 4.77. The molecule has 1 amide bonds. The molecule has 7 nitrogen and oxygen atoms in total. The van der Waals surface area contributed by atoms with Gasteiger partial charge in [-0.15, -0.1) is 0 Å². The normalized spacial score (nSPS) is 16.3. The number of phenolic OH excluding ortho intramolecular Hbond substituents is 1. The summed E-state index contributed by atoms with van der Waals surface area (Å²) in [5.41, 5.74) is 5.05. The Hall–Kier alpha value is -2.77. The van der Waals surface area contributed by atoms with E-state index in [4.69, 9.17) is 0 Å². The Morgan fingerprint density at radius 1 is 1.19 bits per heavy atom. The van der Waals surface area contributed by atoms with E-state index in [1.54, 1.807) is 37.5 Å². The van der Waals surface area contributed by atoms with Crippen molar-refractivity contribution in [1.82, 2.24) is 20.2 Å². The van der Waals surface area contributed by atoms with Crippen LogP contribution in [0.5, 0.6) is 5.75 Å². The fourth-order valence-electron chi connectivity index (χ4n) is 3.02. The molecule has 0 aliphatic carbocycles. The number of phenols is 1. The van der Waals surface area contributed by atoms with Gasteiger partial charge < -0.3 is 10.0 Å². The summed E-state index contributed by atoms with van der Waals surface area (Å²) in [7, 11) is 2.12. The number of aromatic hydroxyl groups is 1. The van der Waals surface area contributed by atoms with Gasteiger partial charge >= 0.3 is 0 Å². The van der Waals surface area contributed by atoms with Crippen molar-refractivity contribution < 1.29 is 9.90 Å². The minimum atomic E-state index is -0.315. The standard InChI is InChI=1S/C20H25N5O2/c1-15(22-23-20(27)16-6-8-21-9-7-16)18-5-3-4-17(19(18)26)14-25-12-10-24(2)11-13-25/h3-9,26H,10-14H2,1-2H3,(H,23,27)/b22-15-. The van der Waals surface area contributed by atoms with E-state index < -0.39 is 0 Å². The van der Waals surface area contributed by atoms with E-state index in [9.17, 15) is 9.90 Å². The number of nitrogens with one attached hydrogen (secondary N) is 1. The van der Waals surface area contributed by atoms with Crippen LogP contribution in [0.4, 0.5) is 0 Å². The summed E-state index contributed by atoms with van der Waals surface area (Å²) in [5, 5.41) is 14.8. The molecular formula is C20H25N5O2. The van der Waals surface area contributed by atoms with Crippen LogP contribution in [-0.4, -0.2) is 64.7 Å². The Morgan fingerprint density at radius 3 is 2.59 bits per heavy atom. The highest BCUT2D eigenvalue weighted by molar-refractivity contribution is 6.02. The maximum atomic E-state index is 12.1. The number of piperazine rings is 1. The first-order chi connectivity index (χ1) is 13.0. The molecule has 0 bridgehead atoms. The van der Waals surface area contributed by atoms with E-state index in [-0.39, 0.29) is 11.7 Å². The van der Waals surface area contributed by atoms with Gasteiger partial charge in [-0.3, -0.25) is 14.7 Å². The number of pyridine rings is 1. The van der Waals surface area contributed by atoms with Crippen LogP contribution in [0, 0.1) is 0 Å². The van der Waals surface area contributed by atoms with Gasteiger partial charge in [-0.2, -0.15) is 5.10 Å². The van der Waals surface area contributed by atoms with Gasteiger partial charge in [0.25, 0.3) is 5.91 Å². The zero-order chi connectivity index (χ0) is 19.2. The molecule has 27 heavy (non-hydrogen) atoms. The maximum absolute atomic E-state index is 12.1. The average molecular weight is 367 g/mol. The van der Waals surface area contributed by atoms with Crippen LogP contribution >= 0.6 is 0 Å². The summed E-state index contributed by atoms with van der Waals surface area (Å²) in [4.78, 5) is 20.6. The summed E-state index contributed by atoms with van der Waals surface area (Å²) in [6.45, 7) is 6.49. The number of carbonyl (C=O) groups excluding carboxylic acids is 1. The number of aromatic nitrogens is 1. The molecule has 2 aromatic rings. The van der Waals surface area contributed by atoms with Gasteiger partial charge in [-0.1, -0.05) is 12.1 Å². The van der Waals surface area contributed by atoms with Crippen molar-refractivity contribution in [3.63, 3.8) is 0 Å². The molecule has 3 rings (SSSR count). The molecule has 2 N–H and O–H groups in total. The second-order valence-corrected chi connectivity index (χ2v) is 6.77. The molecule has 0 saturated carbocycles. The zero-order valence-electron chi connectivity index (χ0n) is 15.7. The number of rotatable bonds is 5. The number of likely N-dealkylation sites (N-methyl/N-ethyl adjacent to an activating group) is 1. The van der Waals surface area contributed by atoms with Crippen LogP contribution in [0.1, 0.15) is 28.4 Å². The Kier molecular flexibility index (Phi) is 6.16. The molecule has 1 aromatic carbocycles. The number of para-hydroxylation sites is 1. The molecule has 1 saturated heterocycles. The first kappa shape index (κ1) is 19.0. The SMILES string of the molecule is C/C(=N/NC(=O)c1ccncc1)c1cccc(CN2CCN(C)CC2)c1O. The number of nitrogens with zero attached hydrogens (tertiary/aromatic N) is 4. The molecule has 1 aliphatic heterocycles. The van der Waals surface area contributed by atoms with Crippen LogP contribution in [0.25, 0.3) is 0 Å². The zero-order valence-corrected chi connectivity index (χ0v) is 15.7. The van der Waals surface area contributed by atoms with Gasteiger partial charge in [0.05, 0.1) is 5.71 Å². The minimum absolute atomic E-state index is 0.218. The van der Waals surface area contributed by atoms with E-state index in [0.29, 0.717) is 23.4 Å². The summed E-state index contributed by atoms with van der Waals surface area (Å²) >= 11 is 0. The van der Waals surface area contributed by atoms with Crippen LogP contribution in [-0.2, 0) is 6.54 Å². The van der Waals surface area contributed by atoms with Crippen LogP contribution in [0.3, 0.4) is 0 Å². The highest BCUT2D eigenvalue weighted by atomic mass is 16.3. The Balaban J connectivity index is 1.69. The number of hydrogen-bond acceptors (Lipinski definition) is 6. The molecule has 2 heterocycles. The van der Waals surface area contributed by atoms with Gasteiger partial charge in [0.15, 0.2) is 0 Å². The fraction of sp³-hybridized carbons (Fsp3) is 0.350. The van der Waals surface area contributed by atoms with E-state index in [2.05, 4.69) is 32.4 Å². The second-order valence-electron chi connectivity index (χ2n) is 6.77. The van der Waals surface area contributed by atoms with Gasteiger partial charge in [0.2, 0.25) is 0 Å². The number of benzene rings is 1.